The first kappa shape index (κ1) is 26.6. The van der Waals surface area contributed by atoms with Crippen LogP contribution >= 0.6 is 12.4 Å². The van der Waals surface area contributed by atoms with Crippen molar-refractivity contribution in [1.29, 1.82) is 0 Å². The van der Waals surface area contributed by atoms with Gasteiger partial charge in [-0.2, -0.15) is 0 Å². The van der Waals surface area contributed by atoms with Crippen LogP contribution in [0.2, 0.25) is 0 Å². The highest BCUT2D eigenvalue weighted by Gasteiger charge is 2.61. The van der Waals surface area contributed by atoms with E-state index in [1.165, 1.54) is 0 Å². The number of rotatable bonds is 8. The monoisotopic (exact) mass is 512 g/mol. The third-order valence-electron chi connectivity index (χ3n) is 7.79. The van der Waals surface area contributed by atoms with E-state index in [1.807, 2.05) is 85.1 Å². The van der Waals surface area contributed by atoms with Crippen LogP contribution in [0, 0.1) is 0 Å². The van der Waals surface area contributed by atoms with E-state index in [0.29, 0.717) is 13.0 Å². The number of carboxylic acids is 1. The quantitative estimate of drug-likeness (QED) is 0.307. The fraction of sp³-hybridized carbons (Fsp3) is 0.250. The van der Waals surface area contributed by atoms with Crippen LogP contribution < -0.4 is 0 Å². The maximum absolute atomic E-state index is 13.5. The minimum Gasteiger partial charge on any atom is -0.481 e. The van der Waals surface area contributed by atoms with Crippen molar-refractivity contribution in [2.24, 2.45) is 0 Å². The Morgan fingerprint density at radius 1 is 0.784 bits per heavy atom. The normalized spacial score (nSPS) is 19.0. The van der Waals surface area contributed by atoms with Crippen molar-refractivity contribution in [2.45, 2.75) is 30.1 Å². The molecule has 0 spiro atoms. The molecule has 2 heterocycles. The number of likely N-dealkylation sites (tertiary alicyclic amines) is 1. The first-order chi connectivity index (χ1) is 17.7. The number of hydrogen-bond acceptors (Lipinski definition) is 3. The second-order valence-electron chi connectivity index (χ2n) is 9.66. The Balaban J connectivity index is 0.00000320. The van der Waals surface area contributed by atoms with Gasteiger partial charge in [0, 0.05) is 18.4 Å². The number of halogens is 1. The molecule has 3 aromatic carbocycles. The van der Waals surface area contributed by atoms with Crippen molar-refractivity contribution >= 4 is 18.4 Å². The number of carboxylic acid groups (broad SMARTS) is 1. The number of piperidine rings is 1. The summed E-state index contributed by atoms with van der Waals surface area (Å²) in [6, 6.07) is 36.4. The molecule has 1 aliphatic heterocycles. The fourth-order valence-corrected chi connectivity index (χ4v) is 6.12. The molecule has 5 rings (SSSR count). The van der Waals surface area contributed by atoms with E-state index in [4.69, 9.17) is 0 Å². The Morgan fingerprint density at radius 3 is 1.84 bits per heavy atom. The van der Waals surface area contributed by atoms with Gasteiger partial charge in [-0.05, 0) is 61.2 Å². The van der Waals surface area contributed by atoms with Gasteiger partial charge in [0.05, 0.1) is 5.41 Å². The molecule has 1 aliphatic rings. The van der Waals surface area contributed by atoms with Crippen LogP contribution in [0.4, 0.5) is 0 Å². The molecule has 1 unspecified atom stereocenters. The molecular formula is C32H33ClN2O2. The minimum atomic E-state index is -1.10. The number of nitrogens with zero attached hydrogens (tertiary/aromatic N) is 2. The summed E-state index contributed by atoms with van der Waals surface area (Å²) in [5.74, 6) is -0.769. The number of benzene rings is 3. The molecule has 1 aromatic heterocycles. The summed E-state index contributed by atoms with van der Waals surface area (Å²) in [5.41, 5.74) is 2.17. The van der Waals surface area contributed by atoms with Crippen LogP contribution in [0.5, 0.6) is 0 Å². The van der Waals surface area contributed by atoms with Gasteiger partial charge in [0.25, 0.3) is 0 Å². The van der Waals surface area contributed by atoms with Gasteiger partial charge in [0.2, 0.25) is 0 Å². The molecule has 0 amide bonds. The lowest BCUT2D eigenvalue weighted by Gasteiger charge is -2.55. The highest BCUT2D eigenvalue weighted by atomic mass is 35.5. The third kappa shape index (κ3) is 4.92. The van der Waals surface area contributed by atoms with Crippen LogP contribution in [-0.4, -0.2) is 40.6 Å². The van der Waals surface area contributed by atoms with Crippen molar-refractivity contribution in [3.8, 4) is 0 Å². The van der Waals surface area contributed by atoms with Gasteiger partial charge >= 0.3 is 5.97 Å². The van der Waals surface area contributed by atoms with Gasteiger partial charge in [-0.1, -0.05) is 97.1 Å². The molecule has 190 valence electrons. The average Bonchev–Trinajstić information content (AvgIpc) is 2.95. The minimum absolute atomic E-state index is 0. The maximum atomic E-state index is 13.5. The van der Waals surface area contributed by atoms with Crippen LogP contribution in [0.1, 0.15) is 35.2 Å². The predicted octanol–water partition coefficient (Wildman–Crippen LogP) is 6.15. The van der Waals surface area contributed by atoms with Crippen molar-refractivity contribution in [1.82, 2.24) is 9.88 Å². The molecule has 4 nitrogen and oxygen atoms in total. The lowest BCUT2D eigenvalue weighted by atomic mass is 9.51. The standard InChI is InChI=1S/C32H32N2O2.ClH/c35-30(36)31(26-13-4-1-5-14-26)21-24-34(23-12-20-29-19-10-11-22-33-29)25-32(31,27-15-6-2-7-16-27)28-17-8-3-9-18-28;/h1-11,13-19,22H,12,20-21,23-25H2,(H,35,36);1H. The Labute approximate surface area is 225 Å². The third-order valence-corrected chi connectivity index (χ3v) is 7.79. The molecule has 0 saturated carbocycles. The largest absolute Gasteiger partial charge is 0.481 e. The topological polar surface area (TPSA) is 53.4 Å². The van der Waals surface area contributed by atoms with Gasteiger partial charge in [-0.3, -0.25) is 9.78 Å². The molecule has 1 fully saturated rings. The summed E-state index contributed by atoms with van der Waals surface area (Å²) >= 11 is 0. The van der Waals surface area contributed by atoms with E-state index in [0.717, 1.165) is 48.3 Å². The summed E-state index contributed by atoms with van der Waals surface area (Å²) in [7, 11) is 0. The van der Waals surface area contributed by atoms with Crippen LogP contribution in [0.25, 0.3) is 0 Å². The molecule has 0 bridgehead atoms. The van der Waals surface area contributed by atoms with Gasteiger partial charge < -0.3 is 10.0 Å². The number of aromatic nitrogens is 1. The summed E-state index contributed by atoms with van der Waals surface area (Å²) in [6.07, 6.45) is 4.25. The van der Waals surface area contributed by atoms with Crippen LogP contribution in [0.3, 0.4) is 0 Å². The molecule has 0 radical (unpaired) electrons. The summed E-state index contributed by atoms with van der Waals surface area (Å²) < 4.78 is 0. The smallest absolute Gasteiger partial charge is 0.315 e. The number of hydrogen-bond donors (Lipinski definition) is 1. The van der Waals surface area contributed by atoms with Gasteiger partial charge in [-0.15, -0.1) is 12.4 Å². The van der Waals surface area contributed by atoms with E-state index in [-0.39, 0.29) is 12.4 Å². The van der Waals surface area contributed by atoms with E-state index in [9.17, 15) is 9.90 Å². The Kier molecular flexibility index (Phi) is 8.42. The summed E-state index contributed by atoms with van der Waals surface area (Å²) in [4.78, 5) is 20.4. The Hall–Kier alpha value is -3.47. The Bertz CT molecular complexity index is 1230. The number of pyridine rings is 1. The first-order valence-corrected chi connectivity index (χ1v) is 12.7. The highest BCUT2D eigenvalue weighted by Crippen LogP contribution is 2.54. The van der Waals surface area contributed by atoms with Crippen molar-refractivity contribution in [2.75, 3.05) is 19.6 Å². The first-order valence-electron chi connectivity index (χ1n) is 12.7. The molecular weight excluding hydrogens is 480 g/mol. The molecule has 1 saturated heterocycles. The van der Waals surface area contributed by atoms with E-state index >= 15 is 0 Å². The predicted molar refractivity (Wildman–Crippen MR) is 150 cm³/mol. The number of aliphatic carboxylic acids is 1. The van der Waals surface area contributed by atoms with Crippen molar-refractivity contribution in [3.63, 3.8) is 0 Å². The number of aryl methyl sites for hydroxylation is 1. The van der Waals surface area contributed by atoms with Crippen molar-refractivity contribution in [3.05, 3.63) is 138 Å². The van der Waals surface area contributed by atoms with Crippen molar-refractivity contribution < 1.29 is 9.90 Å². The van der Waals surface area contributed by atoms with Crippen LogP contribution in [0.15, 0.2) is 115 Å². The SMILES string of the molecule is Cl.O=C(O)C1(c2ccccc2)CCN(CCCc2ccccn2)CC1(c1ccccc1)c1ccccc1. The lowest BCUT2D eigenvalue weighted by molar-refractivity contribution is -0.149. The zero-order chi connectivity index (χ0) is 24.8. The molecule has 0 aliphatic carbocycles. The fourth-order valence-electron chi connectivity index (χ4n) is 6.12. The van der Waals surface area contributed by atoms with Crippen LogP contribution in [-0.2, 0) is 22.0 Å². The average molecular weight is 513 g/mol. The van der Waals surface area contributed by atoms with E-state index in [1.54, 1.807) is 0 Å². The second kappa shape index (κ2) is 11.7. The molecule has 1 N–H and O–H groups in total. The van der Waals surface area contributed by atoms with Gasteiger partial charge in [0.1, 0.15) is 5.41 Å². The molecule has 5 heteroatoms. The maximum Gasteiger partial charge on any atom is 0.315 e. The molecule has 37 heavy (non-hydrogen) atoms. The second-order valence-corrected chi connectivity index (χ2v) is 9.66. The Morgan fingerprint density at radius 2 is 1.32 bits per heavy atom. The van der Waals surface area contributed by atoms with E-state index < -0.39 is 16.8 Å². The van der Waals surface area contributed by atoms with Gasteiger partial charge in [0.15, 0.2) is 0 Å². The molecule has 1 atom stereocenters. The lowest BCUT2D eigenvalue weighted by Crippen LogP contribution is -2.64. The van der Waals surface area contributed by atoms with Gasteiger partial charge in [-0.25, -0.2) is 0 Å². The number of carbonyl (C=O) groups is 1. The summed E-state index contributed by atoms with van der Waals surface area (Å²) in [5, 5.41) is 11.1. The van der Waals surface area contributed by atoms with E-state index in [2.05, 4.69) is 40.2 Å². The zero-order valence-electron chi connectivity index (χ0n) is 20.9. The highest BCUT2D eigenvalue weighted by molar-refractivity contribution is 5.86. The molecule has 4 aromatic rings. The summed E-state index contributed by atoms with van der Waals surface area (Å²) in [6.45, 7) is 2.25. The zero-order valence-corrected chi connectivity index (χ0v) is 21.7.